The van der Waals surface area contributed by atoms with Gasteiger partial charge < -0.3 is 19.3 Å². The lowest BCUT2D eigenvalue weighted by Crippen LogP contribution is -2.50. The van der Waals surface area contributed by atoms with Gasteiger partial charge in [0, 0.05) is 26.2 Å². The lowest BCUT2D eigenvalue weighted by molar-refractivity contribution is 0.0655. The zero-order valence-corrected chi connectivity index (χ0v) is 15.2. The summed E-state index contributed by atoms with van der Waals surface area (Å²) in [6.45, 7) is 0.600. The molecule has 1 saturated heterocycles. The fourth-order valence-electron chi connectivity index (χ4n) is 2.66. The quantitative estimate of drug-likeness (QED) is 0.776. The van der Waals surface area contributed by atoms with Crippen molar-refractivity contribution in [3.8, 4) is 5.88 Å². The number of nitrogens with zero attached hydrogens (tertiary/aromatic N) is 3. The van der Waals surface area contributed by atoms with Crippen LogP contribution in [0.5, 0.6) is 5.88 Å². The van der Waals surface area contributed by atoms with Crippen LogP contribution >= 0.6 is 0 Å². The molecule has 1 aliphatic heterocycles. The molecule has 1 aliphatic rings. The number of hydrogen-bond acceptors (Lipinski definition) is 7. The van der Waals surface area contributed by atoms with Crippen molar-refractivity contribution in [1.82, 2.24) is 14.4 Å². The zero-order valence-electron chi connectivity index (χ0n) is 14.4. The van der Waals surface area contributed by atoms with Crippen molar-refractivity contribution in [2.24, 2.45) is 0 Å². The lowest BCUT2D eigenvalue weighted by atomic mass is 10.2. The molecule has 0 saturated carbocycles. The first-order valence-electron chi connectivity index (χ1n) is 7.96. The van der Waals surface area contributed by atoms with E-state index in [1.165, 1.54) is 46.6 Å². The zero-order chi connectivity index (χ0) is 19.6. The third kappa shape index (κ3) is 3.78. The Hall–Kier alpha value is -2.92. The topological polar surface area (TPSA) is 130 Å². The van der Waals surface area contributed by atoms with E-state index in [0.29, 0.717) is 0 Å². The van der Waals surface area contributed by atoms with Gasteiger partial charge in [0.05, 0.1) is 23.6 Å². The molecule has 0 atom stereocenters. The summed E-state index contributed by atoms with van der Waals surface area (Å²) < 4.78 is 36.4. The van der Waals surface area contributed by atoms with E-state index < -0.39 is 21.9 Å². The summed E-state index contributed by atoms with van der Waals surface area (Å²) in [4.78, 5) is 24.7. The number of aromatic nitrogens is 1. The molecule has 0 spiro atoms. The molecule has 1 N–H and O–H groups in total. The van der Waals surface area contributed by atoms with E-state index in [-0.39, 0.29) is 48.3 Å². The smallest absolute Gasteiger partial charge is 0.335 e. The number of sulfonamides is 1. The molecule has 11 heteroatoms. The van der Waals surface area contributed by atoms with Crippen LogP contribution < -0.4 is 4.74 Å². The fraction of sp³-hybridized carbons (Fsp3) is 0.312. The molecule has 2 heterocycles. The third-order valence-corrected chi connectivity index (χ3v) is 6.09. The molecule has 1 fully saturated rings. The Bertz CT molecular complexity index is 945. The molecule has 10 nitrogen and oxygen atoms in total. The van der Waals surface area contributed by atoms with Gasteiger partial charge in [-0.25, -0.2) is 13.2 Å². The van der Waals surface area contributed by atoms with Crippen molar-refractivity contribution in [1.29, 1.82) is 0 Å². The SMILES string of the molecule is COc1cc(C(=O)N2CCN(S(=O)(=O)c3ccc(C(=O)O)cc3)CC2)on1. The van der Waals surface area contributed by atoms with Gasteiger partial charge >= 0.3 is 5.97 Å². The molecule has 27 heavy (non-hydrogen) atoms. The van der Waals surface area contributed by atoms with E-state index in [2.05, 4.69) is 5.16 Å². The van der Waals surface area contributed by atoms with Crippen LogP contribution in [0.25, 0.3) is 0 Å². The molecule has 2 aromatic rings. The largest absolute Gasteiger partial charge is 0.479 e. The average molecular weight is 395 g/mol. The summed E-state index contributed by atoms with van der Waals surface area (Å²) in [6.07, 6.45) is 0. The van der Waals surface area contributed by atoms with Gasteiger partial charge in [0.25, 0.3) is 11.8 Å². The van der Waals surface area contributed by atoms with E-state index in [0.717, 1.165) is 0 Å². The molecule has 0 unspecified atom stereocenters. The van der Waals surface area contributed by atoms with Crippen molar-refractivity contribution in [2.75, 3.05) is 33.3 Å². The Morgan fingerprint density at radius 2 is 1.78 bits per heavy atom. The molecule has 0 radical (unpaired) electrons. The number of aromatic carboxylic acids is 1. The summed E-state index contributed by atoms with van der Waals surface area (Å²) in [6, 6.07) is 6.38. The van der Waals surface area contributed by atoms with Crippen LogP contribution in [-0.2, 0) is 10.0 Å². The second-order valence-electron chi connectivity index (χ2n) is 5.76. The number of benzene rings is 1. The number of hydrogen-bond donors (Lipinski definition) is 1. The highest BCUT2D eigenvalue weighted by Gasteiger charge is 2.31. The number of carboxylic acid groups (broad SMARTS) is 1. The van der Waals surface area contributed by atoms with Crippen LogP contribution in [-0.4, -0.2) is 73.1 Å². The standard InChI is InChI=1S/C16H17N3O7S/c1-25-14-10-13(26-17-14)15(20)18-6-8-19(9-7-18)27(23,24)12-4-2-11(3-5-12)16(21)22/h2-5,10H,6-9H2,1H3,(H,21,22). The minimum Gasteiger partial charge on any atom is -0.479 e. The Balaban J connectivity index is 1.67. The molecular weight excluding hydrogens is 378 g/mol. The Kier molecular flexibility index (Phi) is 5.15. The third-order valence-electron chi connectivity index (χ3n) is 4.17. The van der Waals surface area contributed by atoms with Gasteiger partial charge in [-0.05, 0) is 29.4 Å². The van der Waals surface area contributed by atoms with Crippen molar-refractivity contribution >= 4 is 21.9 Å². The molecule has 1 aromatic heterocycles. The van der Waals surface area contributed by atoms with Crippen molar-refractivity contribution in [3.63, 3.8) is 0 Å². The van der Waals surface area contributed by atoms with Gasteiger partial charge in [-0.1, -0.05) is 0 Å². The van der Waals surface area contributed by atoms with Gasteiger partial charge in [0.15, 0.2) is 0 Å². The van der Waals surface area contributed by atoms with E-state index in [1.54, 1.807) is 0 Å². The minimum atomic E-state index is -3.77. The van der Waals surface area contributed by atoms with Crippen LogP contribution in [0.2, 0.25) is 0 Å². The number of methoxy groups -OCH3 is 1. The average Bonchev–Trinajstić information content (AvgIpc) is 3.17. The molecule has 0 bridgehead atoms. The number of carbonyl (C=O) groups is 2. The predicted molar refractivity (Wildman–Crippen MR) is 91.1 cm³/mol. The first kappa shape index (κ1) is 18.9. The molecule has 144 valence electrons. The van der Waals surface area contributed by atoms with Gasteiger partial charge in [-0.2, -0.15) is 4.31 Å². The van der Waals surface area contributed by atoms with Crippen LogP contribution in [0.4, 0.5) is 0 Å². The highest BCUT2D eigenvalue weighted by Crippen LogP contribution is 2.20. The second-order valence-corrected chi connectivity index (χ2v) is 7.70. The summed E-state index contributed by atoms with van der Waals surface area (Å²) >= 11 is 0. The Morgan fingerprint density at radius 3 is 2.30 bits per heavy atom. The minimum absolute atomic E-state index is 0.00634. The number of ether oxygens (including phenoxy) is 1. The number of piperazine rings is 1. The van der Waals surface area contributed by atoms with Crippen molar-refractivity contribution in [2.45, 2.75) is 4.90 Å². The molecule has 1 aromatic carbocycles. The summed E-state index contributed by atoms with van der Waals surface area (Å²) in [5, 5.41) is 12.5. The second kappa shape index (κ2) is 7.37. The van der Waals surface area contributed by atoms with Gasteiger partial charge in [-0.3, -0.25) is 4.79 Å². The maximum atomic E-state index is 12.7. The van der Waals surface area contributed by atoms with E-state index in [4.69, 9.17) is 14.4 Å². The Morgan fingerprint density at radius 1 is 1.15 bits per heavy atom. The normalized spacial score (nSPS) is 15.5. The molecular formula is C16H17N3O7S. The maximum absolute atomic E-state index is 12.7. The number of carboxylic acids is 1. The van der Waals surface area contributed by atoms with Gasteiger partial charge in [-0.15, -0.1) is 0 Å². The summed E-state index contributed by atoms with van der Waals surface area (Å²) in [5.74, 6) is -1.32. The number of carbonyl (C=O) groups excluding carboxylic acids is 1. The highest BCUT2D eigenvalue weighted by atomic mass is 32.2. The molecule has 3 rings (SSSR count). The van der Waals surface area contributed by atoms with E-state index in [1.807, 2.05) is 0 Å². The van der Waals surface area contributed by atoms with E-state index in [9.17, 15) is 18.0 Å². The fourth-order valence-corrected chi connectivity index (χ4v) is 4.08. The van der Waals surface area contributed by atoms with Crippen molar-refractivity contribution in [3.05, 3.63) is 41.7 Å². The van der Waals surface area contributed by atoms with Gasteiger partial charge in [0.1, 0.15) is 0 Å². The first-order valence-corrected chi connectivity index (χ1v) is 9.40. The monoisotopic (exact) mass is 395 g/mol. The predicted octanol–water partition coefficient (Wildman–Crippen LogP) is 0.528. The first-order chi connectivity index (χ1) is 12.8. The lowest BCUT2D eigenvalue weighted by Gasteiger charge is -2.33. The molecule has 1 amide bonds. The number of rotatable bonds is 5. The van der Waals surface area contributed by atoms with Crippen LogP contribution in [0.1, 0.15) is 20.9 Å². The van der Waals surface area contributed by atoms with Crippen LogP contribution in [0, 0.1) is 0 Å². The van der Waals surface area contributed by atoms with E-state index >= 15 is 0 Å². The van der Waals surface area contributed by atoms with Crippen LogP contribution in [0.15, 0.2) is 39.8 Å². The maximum Gasteiger partial charge on any atom is 0.335 e. The Labute approximate surface area is 155 Å². The molecule has 0 aliphatic carbocycles. The van der Waals surface area contributed by atoms with Gasteiger partial charge in [0.2, 0.25) is 15.8 Å². The van der Waals surface area contributed by atoms with Crippen LogP contribution in [0.3, 0.4) is 0 Å². The number of amides is 1. The summed E-state index contributed by atoms with van der Waals surface area (Å²) in [7, 11) is -2.37. The highest BCUT2D eigenvalue weighted by molar-refractivity contribution is 7.89. The summed E-state index contributed by atoms with van der Waals surface area (Å²) in [5.41, 5.74) is 0.00634. The van der Waals surface area contributed by atoms with Crippen molar-refractivity contribution < 1.29 is 32.4 Å².